The first kappa shape index (κ1) is 22.5. The Balaban J connectivity index is 1.74. The molecule has 7 nitrogen and oxygen atoms in total. The second-order valence-electron chi connectivity index (χ2n) is 6.04. The van der Waals surface area contributed by atoms with Gasteiger partial charge in [0.1, 0.15) is 5.75 Å². The third-order valence-corrected chi connectivity index (χ3v) is 4.34. The Morgan fingerprint density at radius 3 is 2.31 bits per heavy atom. The number of hydrogen-bond donors (Lipinski definition) is 3. The fourth-order valence-corrected chi connectivity index (χ4v) is 2.75. The van der Waals surface area contributed by atoms with Crippen LogP contribution in [0.25, 0.3) is 0 Å². The Labute approximate surface area is 178 Å². The normalized spacial score (nSPS) is 11.3. The number of hydrogen-bond acceptors (Lipinski definition) is 4. The second kappa shape index (κ2) is 11.3. The molecule has 2 aromatic rings. The van der Waals surface area contributed by atoms with Gasteiger partial charge in [0.15, 0.2) is 6.10 Å². The Morgan fingerprint density at radius 2 is 1.66 bits per heavy atom. The van der Waals surface area contributed by atoms with Crippen LogP contribution in [0.15, 0.2) is 48.5 Å². The molecule has 3 amide bonds. The Morgan fingerprint density at radius 1 is 0.966 bits per heavy atom. The average Bonchev–Trinajstić information content (AvgIpc) is 2.71. The lowest BCUT2D eigenvalue weighted by Gasteiger charge is -2.17. The average molecular weight is 438 g/mol. The van der Waals surface area contributed by atoms with Gasteiger partial charge in [-0.25, -0.2) is 0 Å². The summed E-state index contributed by atoms with van der Waals surface area (Å²) in [5, 5.41) is 3.34. The van der Waals surface area contributed by atoms with E-state index >= 15 is 0 Å². The lowest BCUT2D eigenvalue weighted by molar-refractivity contribution is -0.133. The fraction of sp³-hybridized carbons (Fsp3) is 0.250. The Kier molecular flexibility index (Phi) is 8.76. The van der Waals surface area contributed by atoms with Crippen molar-refractivity contribution in [3.05, 3.63) is 58.6 Å². The lowest BCUT2D eigenvalue weighted by Crippen LogP contribution is -2.48. The molecule has 2 aromatic carbocycles. The van der Waals surface area contributed by atoms with Gasteiger partial charge in [-0.2, -0.15) is 0 Å². The molecule has 3 N–H and O–H groups in total. The van der Waals surface area contributed by atoms with Crippen LogP contribution in [0.3, 0.4) is 0 Å². The smallest absolute Gasteiger partial charge is 0.279 e. The van der Waals surface area contributed by atoms with E-state index in [9.17, 15) is 14.4 Å². The van der Waals surface area contributed by atoms with E-state index in [1.165, 1.54) is 6.07 Å². The number of para-hydroxylation sites is 1. The summed E-state index contributed by atoms with van der Waals surface area (Å²) in [5.41, 5.74) is 4.99. The number of hydrazine groups is 1. The van der Waals surface area contributed by atoms with E-state index in [1.807, 2.05) is 6.07 Å². The van der Waals surface area contributed by atoms with Gasteiger partial charge < -0.3 is 10.1 Å². The fourth-order valence-electron chi connectivity index (χ4n) is 2.29. The molecule has 0 spiro atoms. The summed E-state index contributed by atoms with van der Waals surface area (Å²) >= 11 is 11.8. The van der Waals surface area contributed by atoms with Crippen LogP contribution in [0.2, 0.25) is 10.0 Å². The first-order chi connectivity index (χ1) is 13.9. The summed E-state index contributed by atoms with van der Waals surface area (Å²) < 4.78 is 5.59. The molecule has 0 aromatic heterocycles. The predicted octanol–water partition coefficient (Wildman–Crippen LogP) is 3.72. The molecule has 1 unspecified atom stereocenters. The minimum absolute atomic E-state index is 0.0849. The van der Waals surface area contributed by atoms with Crippen LogP contribution in [0, 0.1) is 0 Å². The van der Waals surface area contributed by atoms with Crippen LogP contribution in [-0.4, -0.2) is 23.8 Å². The van der Waals surface area contributed by atoms with Crippen LogP contribution >= 0.6 is 23.2 Å². The van der Waals surface area contributed by atoms with Gasteiger partial charge in [-0.05, 0) is 36.8 Å². The van der Waals surface area contributed by atoms with E-state index in [2.05, 4.69) is 16.2 Å². The highest BCUT2D eigenvalue weighted by molar-refractivity contribution is 6.36. The molecule has 0 saturated carbocycles. The van der Waals surface area contributed by atoms with Crippen molar-refractivity contribution >= 4 is 46.6 Å². The van der Waals surface area contributed by atoms with Crippen molar-refractivity contribution in [2.75, 3.05) is 5.32 Å². The summed E-state index contributed by atoms with van der Waals surface area (Å²) in [6, 6.07) is 13.6. The van der Waals surface area contributed by atoms with Crippen molar-refractivity contribution in [3.63, 3.8) is 0 Å². The molecule has 9 heteroatoms. The van der Waals surface area contributed by atoms with Crippen LogP contribution < -0.4 is 20.9 Å². The SMILES string of the molecule is CCC(Oc1ccccc1)C(=O)NNC(=O)CCC(=O)Nc1ccc(Cl)cc1Cl. The Bertz CT molecular complexity index is 862. The van der Waals surface area contributed by atoms with Crippen LogP contribution in [0.1, 0.15) is 26.2 Å². The maximum absolute atomic E-state index is 12.2. The molecule has 0 bridgehead atoms. The minimum Gasteiger partial charge on any atom is -0.481 e. The predicted molar refractivity (Wildman–Crippen MR) is 112 cm³/mol. The number of amides is 3. The molecule has 0 aliphatic heterocycles. The van der Waals surface area contributed by atoms with Gasteiger partial charge >= 0.3 is 0 Å². The summed E-state index contributed by atoms with van der Waals surface area (Å²) in [6.07, 6.45) is -0.541. The van der Waals surface area contributed by atoms with Crippen molar-refractivity contribution in [2.45, 2.75) is 32.3 Å². The Hall–Kier alpha value is -2.77. The molecule has 0 aliphatic carbocycles. The number of anilines is 1. The summed E-state index contributed by atoms with van der Waals surface area (Å²) in [6.45, 7) is 1.79. The highest BCUT2D eigenvalue weighted by Gasteiger charge is 2.19. The third kappa shape index (κ3) is 7.63. The zero-order valence-corrected chi connectivity index (χ0v) is 17.2. The number of ether oxygens (including phenoxy) is 1. The van der Waals surface area contributed by atoms with Crippen molar-refractivity contribution in [2.24, 2.45) is 0 Å². The van der Waals surface area contributed by atoms with Crippen LogP contribution in [0.5, 0.6) is 5.75 Å². The van der Waals surface area contributed by atoms with E-state index < -0.39 is 23.8 Å². The van der Waals surface area contributed by atoms with Crippen molar-refractivity contribution in [3.8, 4) is 5.75 Å². The topological polar surface area (TPSA) is 96.5 Å². The zero-order chi connectivity index (χ0) is 21.2. The molecule has 0 radical (unpaired) electrons. The summed E-state index contributed by atoms with van der Waals surface area (Å²) in [5.74, 6) is -0.833. The minimum atomic E-state index is -0.756. The summed E-state index contributed by atoms with van der Waals surface area (Å²) in [7, 11) is 0. The molecule has 29 heavy (non-hydrogen) atoms. The number of benzene rings is 2. The van der Waals surface area contributed by atoms with Crippen molar-refractivity contribution in [1.29, 1.82) is 0 Å². The van der Waals surface area contributed by atoms with Gasteiger partial charge in [-0.15, -0.1) is 0 Å². The number of rotatable bonds is 8. The molecular formula is C20H21Cl2N3O4. The number of nitrogens with one attached hydrogen (secondary N) is 3. The van der Waals surface area contributed by atoms with E-state index in [1.54, 1.807) is 43.3 Å². The lowest BCUT2D eigenvalue weighted by atomic mass is 10.2. The van der Waals surface area contributed by atoms with Gasteiger partial charge in [0, 0.05) is 17.9 Å². The molecule has 0 fully saturated rings. The van der Waals surface area contributed by atoms with E-state index in [-0.39, 0.29) is 12.8 Å². The highest BCUT2D eigenvalue weighted by Crippen LogP contribution is 2.25. The van der Waals surface area contributed by atoms with Gasteiger partial charge in [0.25, 0.3) is 5.91 Å². The van der Waals surface area contributed by atoms with Crippen LogP contribution in [-0.2, 0) is 14.4 Å². The third-order valence-electron chi connectivity index (χ3n) is 3.79. The second-order valence-corrected chi connectivity index (χ2v) is 6.88. The van der Waals surface area contributed by atoms with Gasteiger partial charge in [-0.1, -0.05) is 48.3 Å². The molecule has 154 valence electrons. The maximum atomic E-state index is 12.2. The monoisotopic (exact) mass is 437 g/mol. The standard InChI is InChI=1S/C20H21Cl2N3O4/c1-2-17(29-14-6-4-3-5-7-14)20(28)25-24-19(27)11-10-18(26)23-16-9-8-13(21)12-15(16)22/h3-9,12,17H,2,10-11H2,1H3,(H,23,26)(H,24,27)(H,25,28). The van der Waals surface area contributed by atoms with Crippen LogP contribution in [0.4, 0.5) is 5.69 Å². The maximum Gasteiger partial charge on any atom is 0.279 e. The van der Waals surface area contributed by atoms with E-state index in [4.69, 9.17) is 27.9 Å². The molecule has 2 rings (SSSR count). The highest BCUT2D eigenvalue weighted by atomic mass is 35.5. The zero-order valence-electron chi connectivity index (χ0n) is 15.7. The quantitative estimate of drug-likeness (QED) is 0.548. The number of halogens is 2. The van der Waals surface area contributed by atoms with Crippen molar-refractivity contribution in [1.82, 2.24) is 10.9 Å². The van der Waals surface area contributed by atoms with E-state index in [0.29, 0.717) is 27.9 Å². The first-order valence-electron chi connectivity index (χ1n) is 8.94. The molecule has 0 heterocycles. The molecular weight excluding hydrogens is 417 g/mol. The van der Waals surface area contributed by atoms with Gasteiger partial charge in [0.2, 0.25) is 11.8 Å². The number of carbonyl (C=O) groups excluding carboxylic acids is 3. The first-order valence-corrected chi connectivity index (χ1v) is 9.70. The molecule has 0 saturated heterocycles. The largest absolute Gasteiger partial charge is 0.481 e. The summed E-state index contributed by atoms with van der Waals surface area (Å²) in [4.78, 5) is 36.0. The molecule has 0 aliphatic rings. The van der Waals surface area contributed by atoms with Gasteiger partial charge in [-0.3, -0.25) is 25.2 Å². The van der Waals surface area contributed by atoms with Crippen molar-refractivity contribution < 1.29 is 19.1 Å². The van der Waals surface area contributed by atoms with Gasteiger partial charge in [0.05, 0.1) is 10.7 Å². The van der Waals surface area contributed by atoms with E-state index in [0.717, 1.165) is 0 Å². The molecule has 1 atom stereocenters. The number of carbonyl (C=O) groups is 3.